The van der Waals surface area contributed by atoms with Crippen LogP contribution in [0.15, 0.2) is 54.7 Å². The number of hydrogen-bond donors (Lipinski definition) is 2. The van der Waals surface area contributed by atoms with Crippen LogP contribution in [0, 0.1) is 0 Å². The average molecular weight is 265 g/mol. The van der Waals surface area contributed by atoms with Crippen molar-refractivity contribution in [1.82, 2.24) is 4.98 Å². The van der Waals surface area contributed by atoms with Crippen LogP contribution in [0.3, 0.4) is 0 Å². The highest BCUT2D eigenvalue weighted by atomic mass is 16.4. The van der Waals surface area contributed by atoms with Crippen LogP contribution in [0.2, 0.25) is 0 Å². The van der Waals surface area contributed by atoms with E-state index in [9.17, 15) is 9.90 Å². The van der Waals surface area contributed by atoms with Gasteiger partial charge in [0, 0.05) is 22.7 Å². The van der Waals surface area contributed by atoms with Gasteiger partial charge >= 0.3 is 5.97 Å². The summed E-state index contributed by atoms with van der Waals surface area (Å²) in [5, 5.41) is 19.9. The largest absolute Gasteiger partial charge is 0.507 e. The number of fused-ring (bicyclic) bond motifs is 1. The van der Waals surface area contributed by atoms with E-state index in [-0.39, 0.29) is 11.3 Å². The van der Waals surface area contributed by atoms with Crippen LogP contribution in [-0.4, -0.2) is 21.2 Å². The first-order valence-electron chi connectivity index (χ1n) is 6.07. The predicted octanol–water partition coefficient (Wildman–Crippen LogP) is 3.31. The second-order valence-electron chi connectivity index (χ2n) is 4.42. The molecule has 0 aliphatic rings. The van der Waals surface area contributed by atoms with Crippen molar-refractivity contribution >= 4 is 16.9 Å². The van der Waals surface area contributed by atoms with E-state index in [1.54, 1.807) is 12.3 Å². The zero-order valence-corrected chi connectivity index (χ0v) is 10.4. The lowest BCUT2D eigenvalue weighted by Gasteiger charge is -2.08. The molecular weight excluding hydrogens is 254 g/mol. The molecule has 0 aliphatic heterocycles. The van der Waals surface area contributed by atoms with E-state index in [4.69, 9.17) is 5.11 Å². The predicted molar refractivity (Wildman–Crippen MR) is 75.8 cm³/mol. The highest BCUT2D eigenvalue weighted by molar-refractivity contribution is 5.96. The molecule has 0 aliphatic carbocycles. The van der Waals surface area contributed by atoms with Crippen molar-refractivity contribution in [2.24, 2.45) is 0 Å². The molecule has 98 valence electrons. The van der Waals surface area contributed by atoms with Crippen molar-refractivity contribution in [2.75, 3.05) is 0 Å². The monoisotopic (exact) mass is 265 g/mol. The molecule has 3 aromatic rings. The van der Waals surface area contributed by atoms with E-state index in [0.717, 1.165) is 16.5 Å². The number of carboxylic acid groups (broad SMARTS) is 1. The van der Waals surface area contributed by atoms with Crippen molar-refractivity contribution in [3.63, 3.8) is 0 Å². The van der Waals surface area contributed by atoms with Crippen molar-refractivity contribution in [3.05, 3.63) is 60.3 Å². The molecule has 0 unspecified atom stereocenters. The van der Waals surface area contributed by atoms with Crippen LogP contribution in [0.25, 0.3) is 22.0 Å². The van der Waals surface area contributed by atoms with Gasteiger partial charge in [-0.3, -0.25) is 4.98 Å². The fourth-order valence-electron chi connectivity index (χ4n) is 2.21. The molecule has 0 saturated carbocycles. The summed E-state index contributed by atoms with van der Waals surface area (Å²) in [5.41, 5.74) is 2.17. The van der Waals surface area contributed by atoms with Gasteiger partial charge in [-0.15, -0.1) is 0 Å². The first-order chi connectivity index (χ1) is 9.66. The SMILES string of the molecule is O=C(O)c1ccc(-c2cccc3cccnc23)c(O)c1. The van der Waals surface area contributed by atoms with Crippen LogP contribution in [0.1, 0.15) is 10.4 Å². The van der Waals surface area contributed by atoms with Gasteiger partial charge < -0.3 is 10.2 Å². The van der Waals surface area contributed by atoms with Crippen LogP contribution in [0.5, 0.6) is 5.75 Å². The second-order valence-corrected chi connectivity index (χ2v) is 4.42. The Kier molecular flexibility index (Phi) is 2.84. The highest BCUT2D eigenvalue weighted by Crippen LogP contribution is 2.33. The van der Waals surface area contributed by atoms with E-state index < -0.39 is 5.97 Å². The summed E-state index contributed by atoms with van der Waals surface area (Å²) in [7, 11) is 0. The third kappa shape index (κ3) is 1.97. The van der Waals surface area contributed by atoms with Gasteiger partial charge in [0.1, 0.15) is 5.75 Å². The Balaban J connectivity index is 2.23. The molecule has 0 atom stereocenters. The average Bonchev–Trinajstić information content (AvgIpc) is 2.46. The summed E-state index contributed by atoms with van der Waals surface area (Å²) >= 11 is 0. The smallest absolute Gasteiger partial charge is 0.335 e. The molecule has 2 aromatic carbocycles. The molecule has 0 saturated heterocycles. The summed E-state index contributed by atoms with van der Waals surface area (Å²) in [4.78, 5) is 15.2. The minimum Gasteiger partial charge on any atom is -0.507 e. The van der Waals surface area contributed by atoms with Gasteiger partial charge in [-0.05, 0) is 24.3 Å². The van der Waals surface area contributed by atoms with Crippen LogP contribution in [-0.2, 0) is 0 Å². The molecule has 3 rings (SSSR count). The molecule has 0 fully saturated rings. The number of aromatic hydroxyl groups is 1. The molecule has 20 heavy (non-hydrogen) atoms. The van der Waals surface area contributed by atoms with Gasteiger partial charge in [0.05, 0.1) is 11.1 Å². The van der Waals surface area contributed by atoms with Crippen LogP contribution in [0.4, 0.5) is 0 Å². The lowest BCUT2D eigenvalue weighted by molar-refractivity contribution is 0.0696. The Hall–Kier alpha value is -2.88. The van der Waals surface area contributed by atoms with Crippen LogP contribution >= 0.6 is 0 Å². The van der Waals surface area contributed by atoms with E-state index >= 15 is 0 Å². The molecule has 2 N–H and O–H groups in total. The Bertz CT molecular complexity index is 806. The molecule has 0 radical (unpaired) electrons. The van der Waals surface area contributed by atoms with Gasteiger partial charge in [0.25, 0.3) is 0 Å². The molecular formula is C16H11NO3. The first kappa shape index (κ1) is 12.2. The van der Waals surface area contributed by atoms with E-state index in [1.807, 2.05) is 30.3 Å². The quantitative estimate of drug-likeness (QED) is 0.745. The molecule has 1 heterocycles. The van der Waals surface area contributed by atoms with Gasteiger partial charge in [0.15, 0.2) is 0 Å². The molecule has 1 aromatic heterocycles. The van der Waals surface area contributed by atoms with Gasteiger partial charge in [-0.25, -0.2) is 4.79 Å². The second kappa shape index (κ2) is 4.66. The number of carbonyl (C=O) groups is 1. The Labute approximate surface area is 115 Å². The third-order valence-corrected chi connectivity index (χ3v) is 3.17. The number of pyridine rings is 1. The maximum atomic E-state index is 10.9. The number of rotatable bonds is 2. The number of aromatic carboxylic acids is 1. The number of para-hydroxylation sites is 1. The number of nitrogens with zero attached hydrogens (tertiary/aromatic N) is 1. The molecule has 0 amide bonds. The third-order valence-electron chi connectivity index (χ3n) is 3.17. The topological polar surface area (TPSA) is 70.4 Å². The lowest BCUT2D eigenvalue weighted by Crippen LogP contribution is -1.96. The number of aromatic nitrogens is 1. The number of benzene rings is 2. The summed E-state index contributed by atoms with van der Waals surface area (Å²) in [6.45, 7) is 0. The number of phenolic OH excluding ortho intramolecular Hbond substituents is 1. The van der Waals surface area contributed by atoms with Gasteiger partial charge in [-0.2, -0.15) is 0 Å². The highest BCUT2D eigenvalue weighted by Gasteiger charge is 2.11. The summed E-state index contributed by atoms with van der Waals surface area (Å²) in [5.74, 6) is -1.13. The summed E-state index contributed by atoms with van der Waals surface area (Å²) in [6, 6.07) is 13.8. The van der Waals surface area contributed by atoms with Crippen molar-refractivity contribution in [2.45, 2.75) is 0 Å². The molecule has 4 nitrogen and oxygen atoms in total. The molecule has 0 bridgehead atoms. The summed E-state index contributed by atoms with van der Waals surface area (Å²) in [6.07, 6.45) is 1.69. The zero-order chi connectivity index (χ0) is 14.1. The lowest BCUT2D eigenvalue weighted by atomic mass is 10.00. The minimum atomic E-state index is -1.07. The summed E-state index contributed by atoms with van der Waals surface area (Å²) < 4.78 is 0. The first-order valence-corrected chi connectivity index (χ1v) is 6.07. The zero-order valence-electron chi connectivity index (χ0n) is 10.4. The molecule has 4 heteroatoms. The Morgan fingerprint density at radius 2 is 1.80 bits per heavy atom. The van der Waals surface area contributed by atoms with Crippen molar-refractivity contribution in [3.8, 4) is 16.9 Å². The fraction of sp³-hybridized carbons (Fsp3) is 0. The maximum Gasteiger partial charge on any atom is 0.335 e. The minimum absolute atomic E-state index is 0.0550. The van der Waals surface area contributed by atoms with E-state index in [1.165, 1.54) is 12.1 Å². The van der Waals surface area contributed by atoms with Gasteiger partial charge in [-0.1, -0.05) is 24.3 Å². The maximum absolute atomic E-state index is 10.9. The van der Waals surface area contributed by atoms with Gasteiger partial charge in [0.2, 0.25) is 0 Å². The number of hydrogen-bond acceptors (Lipinski definition) is 3. The van der Waals surface area contributed by atoms with Crippen molar-refractivity contribution < 1.29 is 15.0 Å². The number of phenols is 1. The van der Waals surface area contributed by atoms with Crippen LogP contribution < -0.4 is 0 Å². The van der Waals surface area contributed by atoms with E-state index in [0.29, 0.717) is 5.56 Å². The standard InChI is InChI=1S/C16H11NO3/c18-14-9-11(16(19)20)6-7-12(14)13-5-1-3-10-4-2-8-17-15(10)13/h1-9,18H,(H,19,20). The van der Waals surface area contributed by atoms with Crippen molar-refractivity contribution in [1.29, 1.82) is 0 Å². The Morgan fingerprint density at radius 3 is 2.55 bits per heavy atom. The van der Waals surface area contributed by atoms with E-state index in [2.05, 4.69) is 4.98 Å². The Morgan fingerprint density at radius 1 is 1.00 bits per heavy atom. The number of carboxylic acids is 1. The molecule has 0 spiro atoms. The normalized spacial score (nSPS) is 10.6. The fourth-order valence-corrected chi connectivity index (χ4v) is 2.21.